The third-order valence-corrected chi connectivity index (χ3v) is 7.18. The van der Waals surface area contributed by atoms with Gasteiger partial charge in [0.15, 0.2) is 0 Å². The molecule has 2 saturated heterocycles. The fourth-order valence-corrected chi connectivity index (χ4v) is 5.67. The highest BCUT2D eigenvalue weighted by Crippen LogP contribution is 2.33. The minimum absolute atomic E-state index is 0.0272. The first kappa shape index (κ1) is 21.0. The zero-order valence-corrected chi connectivity index (χ0v) is 15.7. The molecule has 2 aliphatic rings. The highest BCUT2D eigenvalue weighted by molar-refractivity contribution is 7.86. The Morgan fingerprint density at radius 3 is 2.72 bits per heavy atom. The van der Waals surface area contributed by atoms with Gasteiger partial charge in [0.1, 0.15) is 0 Å². The molecule has 0 radical (unpaired) electrons. The standard InChI is InChI=1S/C14H31BN4O5S/c1-14(17)11-18(9-12(14)3-2-5-15(20)21)25(22,23)19(7-6-16)13-4-8-24-10-13/h12-13,20-21H,2-11,16-17H2,1H3/t12-,13?,14-/m0/s1. The van der Waals surface area contributed by atoms with Crippen LogP contribution in [0.2, 0.25) is 6.32 Å². The van der Waals surface area contributed by atoms with Gasteiger partial charge in [0.2, 0.25) is 0 Å². The summed E-state index contributed by atoms with van der Waals surface area (Å²) < 4.78 is 34.5. The zero-order chi connectivity index (χ0) is 18.7. The van der Waals surface area contributed by atoms with Crippen molar-refractivity contribution in [3.8, 4) is 0 Å². The lowest BCUT2D eigenvalue weighted by atomic mass is 9.79. The summed E-state index contributed by atoms with van der Waals surface area (Å²) in [5.74, 6) is -0.0272. The molecule has 6 N–H and O–H groups in total. The third-order valence-electron chi connectivity index (χ3n) is 5.17. The first-order valence-electron chi connectivity index (χ1n) is 8.88. The van der Waals surface area contributed by atoms with Gasteiger partial charge in [-0.3, -0.25) is 0 Å². The maximum absolute atomic E-state index is 13.1. The number of rotatable bonds is 9. The second-order valence-corrected chi connectivity index (χ2v) is 9.21. The van der Waals surface area contributed by atoms with Crippen LogP contribution in [0.4, 0.5) is 0 Å². The van der Waals surface area contributed by atoms with Crippen molar-refractivity contribution < 1.29 is 23.2 Å². The molecule has 2 aliphatic heterocycles. The van der Waals surface area contributed by atoms with E-state index in [4.69, 9.17) is 26.3 Å². The SMILES string of the molecule is C[C@]1(N)CN(S(=O)(=O)N(CCN)C2CCOC2)C[C@@H]1CCCB(O)O. The van der Waals surface area contributed by atoms with Crippen molar-refractivity contribution in [1.82, 2.24) is 8.61 Å². The van der Waals surface area contributed by atoms with Gasteiger partial charge >= 0.3 is 7.12 Å². The van der Waals surface area contributed by atoms with Crippen LogP contribution in [0.1, 0.15) is 26.2 Å². The normalized spacial score (nSPS) is 31.1. The fourth-order valence-electron chi connectivity index (χ4n) is 3.68. The van der Waals surface area contributed by atoms with Crippen LogP contribution in [0.3, 0.4) is 0 Å². The summed E-state index contributed by atoms with van der Waals surface area (Å²) >= 11 is 0. The zero-order valence-electron chi connectivity index (χ0n) is 14.9. The van der Waals surface area contributed by atoms with Crippen LogP contribution in [0.15, 0.2) is 0 Å². The van der Waals surface area contributed by atoms with Crippen molar-refractivity contribution in [1.29, 1.82) is 0 Å². The van der Waals surface area contributed by atoms with Crippen LogP contribution in [0.25, 0.3) is 0 Å². The Morgan fingerprint density at radius 2 is 2.16 bits per heavy atom. The van der Waals surface area contributed by atoms with Crippen LogP contribution in [-0.4, -0.2) is 85.2 Å². The molecule has 0 aliphatic carbocycles. The molecule has 0 aromatic rings. The minimum Gasteiger partial charge on any atom is -0.427 e. The van der Waals surface area contributed by atoms with E-state index in [1.807, 2.05) is 6.92 Å². The van der Waals surface area contributed by atoms with E-state index in [-0.39, 0.29) is 37.9 Å². The van der Waals surface area contributed by atoms with E-state index in [2.05, 4.69) is 0 Å². The van der Waals surface area contributed by atoms with Crippen molar-refractivity contribution in [2.45, 2.75) is 44.1 Å². The summed E-state index contributed by atoms with van der Waals surface area (Å²) in [4.78, 5) is 0. The van der Waals surface area contributed by atoms with Gasteiger partial charge in [-0.1, -0.05) is 6.42 Å². The molecule has 11 heteroatoms. The maximum Gasteiger partial charge on any atom is 0.451 e. The first-order chi connectivity index (χ1) is 11.7. The molecule has 1 unspecified atom stereocenters. The van der Waals surface area contributed by atoms with Gasteiger partial charge in [-0.15, -0.1) is 0 Å². The Kier molecular flexibility index (Phi) is 7.25. The lowest BCUT2D eigenvalue weighted by Crippen LogP contribution is -2.51. The highest BCUT2D eigenvalue weighted by Gasteiger charge is 2.47. The van der Waals surface area contributed by atoms with Crippen molar-refractivity contribution in [3.05, 3.63) is 0 Å². The van der Waals surface area contributed by atoms with Crippen LogP contribution in [-0.2, 0) is 14.9 Å². The number of nitrogens with two attached hydrogens (primary N) is 2. The Bertz CT molecular complexity index is 527. The van der Waals surface area contributed by atoms with Crippen LogP contribution in [0, 0.1) is 5.92 Å². The Hall–Kier alpha value is -0.265. The number of hydrogen-bond acceptors (Lipinski definition) is 7. The molecule has 0 aromatic carbocycles. The van der Waals surface area contributed by atoms with Gasteiger partial charge in [-0.05, 0) is 32.0 Å². The first-order valence-corrected chi connectivity index (χ1v) is 10.3. The van der Waals surface area contributed by atoms with Crippen molar-refractivity contribution in [2.24, 2.45) is 17.4 Å². The van der Waals surface area contributed by atoms with E-state index in [0.717, 1.165) is 0 Å². The van der Waals surface area contributed by atoms with Crippen LogP contribution in [0.5, 0.6) is 0 Å². The molecule has 3 atom stereocenters. The molecule has 0 spiro atoms. The van der Waals surface area contributed by atoms with E-state index in [9.17, 15) is 8.42 Å². The molecular formula is C14H31BN4O5S. The van der Waals surface area contributed by atoms with E-state index in [0.29, 0.717) is 39.0 Å². The Balaban J connectivity index is 2.07. The van der Waals surface area contributed by atoms with Gasteiger partial charge in [0.05, 0.1) is 12.6 Å². The average Bonchev–Trinajstić information content (AvgIpc) is 3.13. The molecule has 25 heavy (non-hydrogen) atoms. The predicted octanol–water partition coefficient (Wildman–Crippen LogP) is -1.82. The van der Waals surface area contributed by atoms with Crippen molar-refractivity contribution in [2.75, 3.05) is 39.4 Å². The van der Waals surface area contributed by atoms with Gasteiger partial charge in [-0.2, -0.15) is 17.0 Å². The summed E-state index contributed by atoms with van der Waals surface area (Å²) in [6, 6.07) is -0.179. The average molecular weight is 378 g/mol. The van der Waals surface area contributed by atoms with E-state index >= 15 is 0 Å². The van der Waals surface area contributed by atoms with Crippen molar-refractivity contribution >= 4 is 17.3 Å². The Morgan fingerprint density at radius 1 is 1.44 bits per heavy atom. The quantitative estimate of drug-likeness (QED) is 0.346. The lowest BCUT2D eigenvalue weighted by Gasteiger charge is -2.31. The number of nitrogens with zero attached hydrogens (tertiary/aromatic N) is 2. The van der Waals surface area contributed by atoms with Gasteiger partial charge in [-0.25, -0.2) is 0 Å². The van der Waals surface area contributed by atoms with Crippen molar-refractivity contribution in [3.63, 3.8) is 0 Å². The molecular weight excluding hydrogens is 347 g/mol. The summed E-state index contributed by atoms with van der Waals surface area (Å²) in [7, 11) is -5.00. The maximum atomic E-state index is 13.1. The molecule has 2 heterocycles. The minimum atomic E-state index is -3.66. The second kappa shape index (κ2) is 8.62. The molecule has 2 fully saturated rings. The van der Waals surface area contributed by atoms with Gasteiger partial charge in [0.25, 0.3) is 10.2 Å². The van der Waals surface area contributed by atoms with E-state index in [1.54, 1.807) is 0 Å². The number of ether oxygens (including phenoxy) is 1. The van der Waals surface area contributed by atoms with E-state index in [1.165, 1.54) is 8.61 Å². The van der Waals surface area contributed by atoms with Crippen LogP contribution >= 0.6 is 0 Å². The fraction of sp³-hybridized carbons (Fsp3) is 1.00. The topological polar surface area (TPSA) is 142 Å². The molecule has 146 valence electrons. The van der Waals surface area contributed by atoms with Gasteiger partial charge in [0, 0.05) is 38.3 Å². The molecule has 9 nitrogen and oxygen atoms in total. The summed E-state index contributed by atoms with van der Waals surface area (Å²) in [5, 5.41) is 18.0. The molecule has 0 amide bonds. The predicted molar refractivity (Wildman–Crippen MR) is 95.8 cm³/mol. The summed E-state index contributed by atoms with van der Waals surface area (Å²) in [6.07, 6.45) is 2.18. The smallest absolute Gasteiger partial charge is 0.427 e. The van der Waals surface area contributed by atoms with E-state index < -0.39 is 22.9 Å². The summed E-state index contributed by atoms with van der Waals surface area (Å²) in [5.41, 5.74) is 11.3. The van der Waals surface area contributed by atoms with Gasteiger partial charge < -0.3 is 26.3 Å². The Labute approximate surface area is 150 Å². The lowest BCUT2D eigenvalue weighted by molar-refractivity contribution is 0.174. The monoisotopic (exact) mass is 378 g/mol. The summed E-state index contributed by atoms with van der Waals surface area (Å²) in [6.45, 7) is 3.90. The molecule has 0 saturated carbocycles. The molecule has 2 rings (SSSR count). The molecule has 0 bridgehead atoms. The second-order valence-electron chi connectivity index (χ2n) is 7.33. The number of hydrogen-bond donors (Lipinski definition) is 4. The third kappa shape index (κ3) is 5.13. The molecule has 0 aromatic heterocycles. The highest BCUT2D eigenvalue weighted by atomic mass is 32.2. The largest absolute Gasteiger partial charge is 0.451 e. The van der Waals surface area contributed by atoms with Crippen LogP contribution < -0.4 is 11.5 Å².